The third-order valence-corrected chi connectivity index (χ3v) is 4.57. The van der Waals surface area contributed by atoms with Gasteiger partial charge in [0, 0.05) is 30.0 Å². The van der Waals surface area contributed by atoms with Gasteiger partial charge in [-0.3, -0.25) is 9.79 Å². The molecular formula is C18H30N4O2S. The van der Waals surface area contributed by atoms with Crippen molar-refractivity contribution in [3.8, 4) is 5.75 Å². The molecule has 0 unspecified atom stereocenters. The molecule has 0 spiro atoms. The first-order valence-electron chi connectivity index (χ1n) is 8.44. The molecule has 0 radical (unpaired) electrons. The summed E-state index contributed by atoms with van der Waals surface area (Å²) in [5.41, 5.74) is 0.729. The first-order chi connectivity index (χ1) is 11.9. The number of amides is 1. The number of hydrogen-bond acceptors (Lipinski definition) is 4. The Hall–Kier alpha value is -1.89. The van der Waals surface area contributed by atoms with Crippen LogP contribution in [-0.2, 0) is 4.79 Å². The molecule has 1 aromatic carbocycles. The van der Waals surface area contributed by atoms with Gasteiger partial charge in [-0.05, 0) is 39.2 Å². The van der Waals surface area contributed by atoms with E-state index in [4.69, 9.17) is 4.74 Å². The maximum Gasteiger partial charge on any atom is 0.221 e. The van der Waals surface area contributed by atoms with Crippen LogP contribution in [0, 0.1) is 0 Å². The van der Waals surface area contributed by atoms with Crippen molar-refractivity contribution in [1.82, 2.24) is 10.6 Å². The van der Waals surface area contributed by atoms with Crippen LogP contribution in [0.3, 0.4) is 0 Å². The Morgan fingerprint density at radius 3 is 2.72 bits per heavy atom. The lowest BCUT2D eigenvalue weighted by atomic mass is 10.2. The smallest absolute Gasteiger partial charge is 0.221 e. The molecule has 1 rings (SSSR count). The maximum atomic E-state index is 11.1. The summed E-state index contributed by atoms with van der Waals surface area (Å²) in [6.45, 7) is 10.6. The molecule has 0 fully saturated rings. The summed E-state index contributed by atoms with van der Waals surface area (Å²) in [5.74, 6) is 1.41. The Bertz CT molecular complexity index is 576. The summed E-state index contributed by atoms with van der Waals surface area (Å²) in [6, 6.07) is 7.35. The van der Waals surface area contributed by atoms with Crippen molar-refractivity contribution in [3.63, 3.8) is 0 Å². The van der Waals surface area contributed by atoms with Crippen LogP contribution in [0.25, 0.3) is 0 Å². The van der Waals surface area contributed by atoms with E-state index in [1.807, 2.05) is 31.2 Å². The first-order valence-corrected chi connectivity index (χ1v) is 9.66. The van der Waals surface area contributed by atoms with Crippen LogP contribution in [0.2, 0.25) is 0 Å². The SMILES string of the molecule is CCNC(=NCC(C)(C)SC)NCCOc1cccc(NC(C)=O)c1. The van der Waals surface area contributed by atoms with Crippen LogP contribution < -0.4 is 20.7 Å². The predicted molar refractivity (Wildman–Crippen MR) is 108 cm³/mol. The van der Waals surface area contributed by atoms with Crippen molar-refractivity contribution >= 4 is 29.3 Å². The molecule has 1 aromatic rings. The lowest BCUT2D eigenvalue weighted by Crippen LogP contribution is -2.40. The zero-order valence-electron chi connectivity index (χ0n) is 15.8. The van der Waals surface area contributed by atoms with E-state index in [1.54, 1.807) is 11.8 Å². The van der Waals surface area contributed by atoms with Gasteiger partial charge in [-0.25, -0.2) is 0 Å². The zero-order chi connectivity index (χ0) is 18.7. The highest BCUT2D eigenvalue weighted by Gasteiger charge is 2.15. The maximum absolute atomic E-state index is 11.1. The molecule has 0 saturated heterocycles. The van der Waals surface area contributed by atoms with Gasteiger partial charge in [-0.15, -0.1) is 0 Å². The zero-order valence-corrected chi connectivity index (χ0v) is 16.6. The highest BCUT2D eigenvalue weighted by atomic mass is 32.2. The van der Waals surface area contributed by atoms with Crippen LogP contribution in [0.5, 0.6) is 5.75 Å². The summed E-state index contributed by atoms with van der Waals surface area (Å²) in [4.78, 5) is 15.7. The molecule has 0 aliphatic carbocycles. The molecule has 140 valence electrons. The number of hydrogen-bond donors (Lipinski definition) is 3. The fourth-order valence-corrected chi connectivity index (χ4v) is 2.07. The molecule has 0 aliphatic heterocycles. The molecule has 0 atom stereocenters. The number of rotatable bonds is 9. The van der Waals surface area contributed by atoms with Crippen LogP contribution in [0.1, 0.15) is 27.7 Å². The number of benzene rings is 1. The first kappa shape index (κ1) is 21.2. The standard InChI is InChI=1S/C18H30N4O2S/c1-6-19-17(21-13-18(3,4)25-5)20-10-11-24-16-9-7-8-15(12-16)22-14(2)23/h7-9,12H,6,10-11,13H2,1-5H3,(H,22,23)(H2,19,20,21). The van der Waals surface area contributed by atoms with E-state index in [2.05, 4.69) is 41.0 Å². The molecule has 3 N–H and O–H groups in total. The number of nitrogens with zero attached hydrogens (tertiary/aromatic N) is 1. The van der Waals surface area contributed by atoms with E-state index in [0.717, 1.165) is 30.5 Å². The van der Waals surface area contributed by atoms with Gasteiger partial charge in [-0.2, -0.15) is 11.8 Å². The number of carbonyl (C=O) groups is 1. The second-order valence-electron chi connectivity index (χ2n) is 6.14. The highest BCUT2D eigenvalue weighted by Crippen LogP contribution is 2.21. The number of carbonyl (C=O) groups excluding carboxylic acids is 1. The lowest BCUT2D eigenvalue weighted by molar-refractivity contribution is -0.114. The molecule has 0 saturated carbocycles. The summed E-state index contributed by atoms with van der Waals surface area (Å²) in [6.07, 6.45) is 2.10. The quantitative estimate of drug-likeness (QED) is 0.356. The summed E-state index contributed by atoms with van der Waals surface area (Å²) < 4.78 is 5.84. The number of thioether (sulfide) groups is 1. The monoisotopic (exact) mass is 366 g/mol. The Balaban J connectivity index is 2.46. The van der Waals surface area contributed by atoms with Gasteiger partial charge in [0.15, 0.2) is 5.96 Å². The molecule has 7 heteroatoms. The Morgan fingerprint density at radius 1 is 1.32 bits per heavy atom. The van der Waals surface area contributed by atoms with Crippen LogP contribution in [0.4, 0.5) is 5.69 Å². The fraction of sp³-hybridized carbons (Fsp3) is 0.556. The van der Waals surface area contributed by atoms with Crippen molar-refractivity contribution in [2.45, 2.75) is 32.4 Å². The Morgan fingerprint density at radius 2 is 2.08 bits per heavy atom. The van der Waals surface area contributed by atoms with Crippen LogP contribution >= 0.6 is 11.8 Å². The lowest BCUT2D eigenvalue weighted by Gasteiger charge is -2.20. The molecule has 0 heterocycles. The molecule has 0 aliphatic rings. The molecule has 0 aromatic heterocycles. The van der Waals surface area contributed by atoms with Gasteiger partial charge < -0.3 is 20.7 Å². The Labute approximate surface area is 155 Å². The molecule has 6 nitrogen and oxygen atoms in total. The molecular weight excluding hydrogens is 336 g/mol. The summed E-state index contributed by atoms with van der Waals surface area (Å²) in [7, 11) is 0. The number of ether oxygens (including phenoxy) is 1. The van der Waals surface area contributed by atoms with E-state index in [0.29, 0.717) is 13.2 Å². The second kappa shape index (κ2) is 10.9. The number of anilines is 1. The van der Waals surface area contributed by atoms with Gasteiger partial charge in [0.05, 0.1) is 13.1 Å². The van der Waals surface area contributed by atoms with E-state index in [9.17, 15) is 4.79 Å². The fourth-order valence-electron chi connectivity index (χ4n) is 1.88. The molecule has 1 amide bonds. The van der Waals surface area contributed by atoms with Crippen molar-refractivity contribution < 1.29 is 9.53 Å². The van der Waals surface area contributed by atoms with Crippen molar-refractivity contribution in [1.29, 1.82) is 0 Å². The van der Waals surface area contributed by atoms with Crippen molar-refractivity contribution in [2.24, 2.45) is 4.99 Å². The summed E-state index contributed by atoms with van der Waals surface area (Å²) in [5, 5.41) is 9.25. The number of guanidine groups is 1. The van der Waals surface area contributed by atoms with Gasteiger partial charge >= 0.3 is 0 Å². The molecule has 0 bridgehead atoms. The largest absolute Gasteiger partial charge is 0.492 e. The van der Waals surface area contributed by atoms with Gasteiger partial charge in [-0.1, -0.05) is 6.07 Å². The van der Waals surface area contributed by atoms with E-state index < -0.39 is 0 Å². The van der Waals surface area contributed by atoms with Gasteiger partial charge in [0.1, 0.15) is 12.4 Å². The van der Waals surface area contributed by atoms with Crippen molar-refractivity contribution in [2.75, 3.05) is 37.8 Å². The second-order valence-corrected chi connectivity index (χ2v) is 7.66. The minimum absolute atomic E-state index is 0.0986. The van der Waals surface area contributed by atoms with Crippen molar-refractivity contribution in [3.05, 3.63) is 24.3 Å². The minimum Gasteiger partial charge on any atom is -0.492 e. The van der Waals surface area contributed by atoms with Crippen LogP contribution in [0.15, 0.2) is 29.3 Å². The number of aliphatic imine (C=N–C) groups is 1. The average molecular weight is 367 g/mol. The number of nitrogens with one attached hydrogen (secondary N) is 3. The van der Waals surface area contributed by atoms with Gasteiger partial charge in [0.2, 0.25) is 5.91 Å². The predicted octanol–water partition coefficient (Wildman–Crippen LogP) is 2.72. The van der Waals surface area contributed by atoms with Gasteiger partial charge in [0.25, 0.3) is 0 Å². The van der Waals surface area contributed by atoms with E-state index >= 15 is 0 Å². The molecule has 25 heavy (non-hydrogen) atoms. The third kappa shape index (κ3) is 9.24. The summed E-state index contributed by atoms with van der Waals surface area (Å²) >= 11 is 1.80. The van der Waals surface area contributed by atoms with E-state index in [-0.39, 0.29) is 10.7 Å². The normalized spacial score (nSPS) is 11.8. The average Bonchev–Trinajstić information content (AvgIpc) is 2.56. The Kier molecular flexibility index (Phi) is 9.20. The minimum atomic E-state index is -0.0986. The highest BCUT2D eigenvalue weighted by molar-refractivity contribution is 7.99. The topological polar surface area (TPSA) is 74.8 Å². The van der Waals surface area contributed by atoms with Crippen LogP contribution in [-0.4, -0.2) is 49.1 Å². The third-order valence-electron chi connectivity index (χ3n) is 3.33. The van der Waals surface area contributed by atoms with E-state index in [1.165, 1.54) is 6.92 Å².